The maximum atomic E-state index is 11.1. The largest absolute Gasteiger partial charge is 0.330 e. The van der Waals surface area contributed by atoms with Crippen molar-refractivity contribution in [1.82, 2.24) is 0 Å². The third kappa shape index (κ3) is 1.49. The number of nitrogens with two attached hydrogens (primary N) is 1. The summed E-state index contributed by atoms with van der Waals surface area (Å²) in [5.41, 5.74) is 5.26. The lowest BCUT2D eigenvalue weighted by molar-refractivity contribution is 0.583. The van der Waals surface area contributed by atoms with Gasteiger partial charge in [-0.2, -0.15) is 0 Å². The van der Waals surface area contributed by atoms with Crippen molar-refractivity contribution in [3.8, 4) is 0 Å². The molecule has 1 saturated heterocycles. The fraction of sp³-hybridized carbons (Fsp3) is 1.00. The zero-order valence-electron chi connectivity index (χ0n) is 5.91. The molecule has 0 radical (unpaired) electrons. The summed E-state index contributed by atoms with van der Waals surface area (Å²) >= 11 is 0. The Morgan fingerprint density at radius 3 is 2.60 bits per heavy atom. The van der Waals surface area contributed by atoms with Gasteiger partial charge in [-0.05, 0) is 25.8 Å². The maximum Gasteiger partial charge on any atom is 0.153 e. The predicted octanol–water partition coefficient (Wildman–Crippen LogP) is -0.0876. The summed E-state index contributed by atoms with van der Waals surface area (Å²) < 4.78 is 22.2. The Hall–Kier alpha value is -0.0900. The van der Waals surface area contributed by atoms with E-state index in [1.54, 1.807) is 0 Å². The van der Waals surface area contributed by atoms with Gasteiger partial charge in [-0.1, -0.05) is 0 Å². The van der Waals surface area contributed by atoms with Gasteiger partial charge in [0.25, 0.3) is 0 Å². The van der Waals surface area contributed by atoms with E-state index in [0.29, 0.717) is 18.7 Å². The van der Waals surface area contributed by atoms with E-state index in [-0.39, 0.29) is 5.25 Å². The minimum Gasteiger partial charge on any atom is -0.330 e. The molecule has 0 aromatic rings. The second-order valence-corrected chi connectivity index (χ2v) is 5.11. The van der Waals surface area contributed by atoms with Crippen molar-refractivity contribution in [2.75, 3.05) is 12.3 Å². The van der Waals surface area contributed by atoms with E-state index >= 15 is 0 Å². The average Bonchev–Trinajstić information content (AvgIpc) is 2.13. The molecule has 0 aliphatic carbocycles. The van der Waals surface area contributed by atoms with Crippen LogP contribution in [0.5, 0.6) is 0 Å². The van der Waals surface area contributed by atoms with E-state index in [4.69, 9.17) is 5.73 Å². The molecular weight excluding hydrogens is 150 g/mol. The Kier molecular flexibility index (Phi) is 2.31. The van der Waals surface area contributed by atoms with E-state index in [1.165, 1.54) is 0 Å². The van der Waals surface area contributed by atoms with Gasteiger partial charge in [-0.3, -0.25) is 0 Å². The van der Waals surface area contributed by atoms with Crippen LogP contribution in [0.15, 0.2) is 0 Å². The van der Waals surface area contributed by atoms with E-state index in [9.17, 15) is 8.42 Å². The van der Waals surface area contributed by atoms with Crippen LogP contribution >= 0.6 is 0 Å². The highest BCUT2D eigenvalue weighted by atomic mass is 32.2. The lowest BCUT2D eigenvalue weighted by atomic mass is 10.2. The van der Waals surface area contributed by atoms with Crippen molar-refractivity contribution in [1.29, 1.82) is 0 Å². The molecular formula is C6H13NO2S. The van der Waals surface area contributed by atoms with Crippen molar-refractivity contribution < 1.29 is 8.42 Å². The number of sulfone groups is 1. The van der Waals surface area contributed by atoms with Gasteiger partial charge in [0.15, 0.2) is 9.84 Å². The fourth-order valence-corrected chi connectivity index (χ4v) is 3.29. The summed E-state index contributed by atoms with van der Waals surface area (Å²) in [5.74, 6) is 0.373. The Morgan fingerprint density at radius 1 is 1.50 bits per heavy atom. The maximum absolute atomic E-state index is 11.1. The van der Waals surface area contributed by atoms with Gasteiger partial charge in [-0.25, -0.2) is 8.42 Å². The molecule has 1 heterocycles. The van der Waals surface area contributed by atoms with Crippen LogP contribution in [0.4, 0.5) is 0 Å². The second-order valence-electron chi connectivity index (χ2n) is 2.71. The zero-order valence-corrected chi connectivity index (χ0v) is 6.73. The summed E-state index contributed by atoms with van der Waals surface area (Å²) in [6, 6.07) is 0. The van der Waals surface area contributed by atoms with Gasteiger partial charge in [0, 0.05) is 0 Å². The topological polar surface area (TPSA) is 60.2 Å². The Bertz CT molecular complexity index is 198. The molecule has 60 valence electrons. The first-order valence-corrected chi connectivity index (χ1v) is 5.30. The van der Waals surface area contributed by atoms with E-state index in [2.05, 4.69) is 0 Å². The lowest BCUT2D eigenvalue weighted by Crippen LogP contribution is -2.19. The van der Waals surface area contributed by atoms with Crippen LogP contribution < -0.4 is 5.73 Å². The lowest BCUT2D eigenvalue weighted by Gasteiger charge is -2.05. The van der Waals surface area contributed by atoms with E-state index in [0.717, 1.165) is 12.8 Å². The molecule has 1 atom stereocenters. The molecule has 1 aliphatic rings. The minimum absolute atomic E-state index is 0.127. The van der Waals surface area contributed by atoms with Crippen molar-refractivity contribution in [2.24, 2.45) is 5.73 Å². The molecule has 0 bridgehead atoms. The Labute approximate surface area is 61.5 Å². The SMILES string of the molecule is NCCC1CCCS1(=O)=O. The molecule has 10 heavy (non-hydrogen) atoms. The monoisotopic (exact) mass is 163 g/mol. The first-order valence-electron chi connectivity index (χ1n) is 3.58. The molecule has 0 aromatic carbocycles. The first kappa shape index (κ1) is 8.01. The Balaban J connectivity index is 2.60. The van der Waals surface area contributed by atoms with Crippen molar-refractivity contribution >= 4 is 9.84 Å². The average molecular weight is 163 g/mol. The van der Waals surface area contributed by atoms with Crippen LogP contribution in [-0.4, -0.2) is 26.0 Å². The number of rotatable bonds is 2. The first-order chi connectivity index (χ1) is 4.67. The standard InChI is InChI=1S/C6H13NO2S/c7-4-3-6-2-1-5-10(6,8)9/h6H,1-5,7H2. The summed E-state index contributed by atoms with van der Waals surface area (Å²) in [7, 11) is -2.73. The van der Waals surface area contributed by atoms with E-state index < -0.39 is 9.84 Å². The van der Waals surface area contributed by atoms with Crippen LogP contribution in [0.25, 0.3) is 0 Å². The van der Waals surface area contributed by atoms with Crippen LogP contribution in [-0.2, 0) is 9.84 Å². The van der Waals surface area contributed by atoms with Crippen LogP contribution in [0, 0.1) is 0 Å². The molecule has 0 aromatic heterocycles. The highest BCUT2D eigenvalue weighted by molar-refractivity contribution is 7.92. The van der Waals surface area contributed by atoms with Gasteiger partial charge >= 0.3 is 0 Å². The summed E-state index contributed by atoms with van der Waals surface area (Å²) in [6.07, 6.45) is 2.29. The van der Waals surface area contributed by atoms with Gasteiger partial charge in [0.2, 0.25) is 0 Å². The quantitative estimate of drug-likeness (QED) is 0.619. The summed E-state index contributed by atoms with van der Waals surface area (Å²) in [6.45, 7) is 0.490. The third-order valence-electron chi connectivity index (χ3n) is 1.95. The molecule has 1 unspecified atom stereocenters. The molecule has 2 N–H and O–H groups in total. The van der Waals surface area contributed by atoms with Gasteiger partial charge in [0.1, 0.15) is 0 Å². The molecule has 0 amide bonds. The smallest absolute Gasteiger partial charge is 0.153 e. The van der Waals surface area contributed by atoms with Gasteiger partial charge < -0.3 is 5.73 Å². The highest BCUT2D eigenvalue weighted by Crippen LogP contribution is 2.21. The highest BCUT2D eigenvalue weighted by Gasteiger charge is 2.29. The van der Waals surface area contributed by atoms with Crippen LogP contribution in [0.3, 0.4) is 0 Å². The predicted molar refractivity (Wildman–Crippen MR) is 40.5 cm³/mol. The minimum atomic E-state index is -2.73. The van der Waals surface area contributed by atoms with Crippen molar-refractivity contribution in [3.05, 3.63) is 0 Å². The fourth-order valence-electron chi connectivity index (χ4n) is 1.37. The van der Waals surface area contributed by atoms with Gasteiger partial charge in [0.05, 0.1) is 11.0 Å². The molecule has 0 spiro atoms. The zero-order chi connectivity index (χ0) is 7.61. The summed E-state index contributed by atoms with van der Waals surface area (Å²) in [5, 5.41) is -0.127. The molecule has 0 saturated carbocycles. The number of hydrogen-bond donors (Lipinski definition) is 1. The van der Waals surface area contributed by atoms with Crippen molar-refractivity contribution in [3.63, 3.8) is 0 Å². The van der Waals surface area contributed by atoms with Crippen molar-refractivity contribution in [2.45, 2.75) is 24.5 Å². The molecule has 4 heteroatoms. The normalized spacial score (nSPS) is 30.7. The van der Waals surface area contributed by atoms with Gasteiger partial charge in [-0.15, -0.1) is 0 Å². The molecule has 1 fully saturated rings. The van der Waals surface area contributed by atoms with Crippen LogP contribution in [0.1, 0.15) is 19.3 Å². The van der Waals surface area contributed by atoms with E-state index in [1.807, 2.05) is 0 Å². The summed E-state index contributed by atoms with van der Waals surface area (Å²) in [4.78, 5) is 0. The van der Waals surface area contributed by atoms with Crippen LogP contribution in [0.2, 0.25) is 0 Å². The molecule has 1 aliphatic heterocycles. The third-order valence-corrected chi connectivity index (χ3v) is 4.30. The number of hydrogen-bond acceptors (Lipinski definition) is 3. The second kappa shape index (κ2) is 2.88. The molecule has 3 nitrogen and oxygen atoms in total. The Morgan fingerprint density at radius 2 is 2.20 bits per heavy atom. The molecule has 1 rings (SSSR count).